The Labute approximate surface area is 198 Å². The van der Waals surface area contributed by atoms with Crippen LogP contribution in [0.5, 0.6) is 0 Å². The molecule has 0 N–H and O–H groups in total. The second-order valence-corrected chi connectivity index (χ2v) is 8.48. The quantitative estimate of drug-likeness (QED) is 0.335. The van der Waals surface area contributed by atoms with Gasteiger partial charge in [0.05, 0.1) is 16.6 Å². The highest BCUT2D eigenvalue weighted by molar-refractivity contribution is 6.06. The molecule has 1 aromatic carbocycles. The molecule has 0 spiro atoms. The van der Waals surface area contributed by atoms with E-state index in [1.54, 1.807) is 0 Å². The van der Waals surface area contributed by atoms with Gasteiger partial charge >= 0.3 is 0 Å². The van der Waals surface area contributed by atoms with E-state index in [1.165, 1.54) is 54.8 Å². The lowest BCUT2D eigenvalue weighted by Crippen LogP contribution is -2.28. The van der Waals surface area contributed by atoms with Crippen LogP contribution in [0.2, 0.25) is 0 Å². The minimum absolute atomic E-state index is 1.14. The van der Waals surface area contributed by atoms with E-state index in [4.69, 9.17) is 0 Å². The lowest BCUT2D eigenvalue weighted by Gasteiger charge is -2.06. The molecule has 0 atom stereocenters. The van der Waals surface area contributed by atoms with Gasteiger partial charge in [-0.05, 0) is 52.7 Å². The smallest absolute Gasteiger partial charge is 0.0620 e. The summed E-state index contributed by atoms with van der Waals surface area (Å²) in [6, 6.07) is 6.64. The van der Waals surface area contributed by atoms with Crippen LogP contribution in [0.3, 0.4) is 0 Å². The zero-order valence-electron chi connectivity index (χ0n) is 20.9. The molecule has 0 radical (unpaired) electrons. The third-order valence-corrected chi connectivity index (χ3v) is 6.13. The van der Waals surface area contributed by atoms with Gasteiger partial charge in [0.1, 0.15) is 0 Å². The Bertz CT molecular complexity index is 1470. The first-order valence-corrected chi connectivity index (χ1v) is 11.5. The predicted molar refractivity (Wildman–Crippen MR) is 150 cm³/mol. The Morgan fingerprint density at radius 2 is 1.64 bits per heavy atom. The molecule has 1 nitrogen and oxygen atoms in total. The highest BCUT2D eigenvalue weighted by Crippen LogP contribution is 2.33. The first-order chi connectivity index (χ1) is 15.9. The van der Waals surface area contributed by atoms with Crippen LogP contribution in [0.25, 0.3) is 39.6 Å². The summed E-state index contributed by atoms with van der Waals surface area (Å²) < 4.78 is 2.45. The van der Waals surface area contributed by atoms with Crippen molar-refractivity contribution in [2.75, 3.05) is 0 Å². The van der Waals surface area contributed by atoms with Crippen LogP contribution >= 0.6 is 0 Å². The van der Waals surface area contributed by atoms with Gasteiger partial charge < -0.3 is 4.40 Å². The van der Waals surface area contributed by atoms with E-state index in [0.29, 0.717) is 0 Å². The van der Waals surface area contributed by atoms with E-state index in [2.05, 4.69) is 126 Å². The van der Waals surface area contributed by atoms with E-state index in [1.807, 2.05) is 12.2 Å². The number of nitrogens with zero attached hydrogens (tertiary/aromatic N) is 1. The third-order valence-electron chi connectivity index (χ3n) is 6.13. The summed E-state index contributed by atoms with van der Waals surface area (Å²) in [6.07, 6.45) is 21.1. The Morgan fingerprint density at radius 1 is 0.909 bits per heavy atom. The van der Waals surface area contributed by atoms with Crippen molar-refractivity contribution in [2.24, 2.45) is 0 Å². The molecule has 2 aromatic heterocycles. The maximum atomic E-state index is 3.96. The van der Waals surface area contributed by atoms with Crippen LogP contribution in [0.4, 0.5) is 0 Å². The SMILES string of the molecule is C=C/C=C(\C)c1c(/C=C\C(C)=C\C)c2cccc3c(=C/C=C(\C)C=C)/c(=C(C)/C=C\C)n1c23. The Hall–Kier alpha value is -3.58. The summed E-state index contributed by atoms with van der Waals surface area (Å²) in [5, 5.41) is 4.98. The van der Waals surface area contributed by atoms with Crippen LogP contribution in [-0.2, 0) is 0 Å². The lowest BCUT2D eigenvalue weighted by molar-refractivity contribution is 1.11. The molecular formula is C32H35N. The van der Waals surface area contributed by atoms with Gasteiger partial charge in [-0.3, -0.25) is 0 Å². The summed E-state index contributed by atoms with van der Waals surface area (Å²) in [5.41, 5.74) is 8.52. The molecule has 33 heavy (non-hydrogen) atoms. The average Bonchev–Trinajstić information content (AvgIpc) is 3.31. The molecule has 0 aliphatic rings. The third kappa shape index (κ3) is 4.50. The summed E-state index contributed by atoms with van der Waals surface area (Å²) in [6.45, 7) is 20.6. The normalized spacial score (nSPS) is 15.6. The van der Waals surface area contributed by atoms with Gasteiger partial charge in [-0.1, -0.05) is 103 Å². The van der Waals surface area contributed by atoms with Gasteiger partial charge in [-0.25, -0.2) is 0 Å². The number of aromatic nitrogens is 1. The second kappa shape index (κ2) is 10.4. The minimum Gasteiger partial charge on any atom is -0.307 e. The van der Waals surface area contributed by atoms with E-state index in [9.17, 15) is 0 Å². The lowest BCUT2D eigenvalue weighted by atomic mass is 10.0. The van der Waals surface area contributed by atoms with Gasteiger partial charge in [0.15, 0.2) is 0 Å². The summed E-state index contributed by atoms with van der Waals surface area (Å²) in [5.74, 6) is 0. The average molecular weight is 434 g/mol. The molecule has 0 amide bonds. The fourth-order valence-electron chi connectivity index (χ4n) is 4.34. The van der Waals surface area contributed by atoms with Gasteiger partial charge in [-0.15, -0.1) is 0 Å². The maximum Gasteiger partial charge on any atom is 0.0620 e. The molecule has 0 unspecified atom stereocenters. The highest BCUT2D eigenvalue weighted by Gasteiger charge is 2.20. The summed E-state index contributed by atoms with van der Waals surface area (Å²) in [7, 11) is 0. The zero-order chi connectivity index (χ0) is 24.1. The molecule has 1 heteroatoms. The molecule has 3 aromatic rings. The van der Waals surface area contributed by atoms with Crippen molar-refractivity contribution in [1.82, 2.24) is 4.40 Å². The molecule has 0 saturated heterocycles. The van der Waals surface area contributed by atoms with Crippen LogP contribution in [0, 0.1) is 0 Å². The fourth-order valence-corrected chi connectivity index (χ4v) is 4.34. The Balaban J connectivity index is 2.70. The number of hydrogen-bond donors (Lipinski definition) is 0. The zero-order valence-corrected chi connectivity index (χ0v) is 20.9. The van der Waals surface area contributed by atoms with E-state index < -0.39 is 0 Å². The van der Waals surface area contributed by atoms with Crippen molar-refractivity contribution in [2.45, 2.75) is 41.5 Å². The minimum atomic E-state index is 1.14. The second-order valence-electron chi connectivity index (χ2n) is 8.48. The first kappa shape index (κ1) is 24.1. The summed E-state index contributed by atoms with van der Waals surface area (Å²) in [4.78, 5) is 0. The molecule has 0 bridgehead atoms. The number of hydrogen-bond acceptors (Lipinski definition) is 0. The van der Waals surface area contributed by atoms with Crippen molar-refractivity contribution in [3.63, 3.8) is 0 Å². The van der Waals surface area contributed by atoms with Crippen LogP contribution < -0.4 is 10.6 Å². The Kier molecular flexibility index (Phi) is 7.55. The maximum absolute atomic E-state index is 3.96. The number of allylic oxidation sites excluding steroid dienone is 11. The number of rotatable bonds is 7. The van der Waals surface area contributed by atoms with E-state index in [0.717, 1.165) is 5.57 Å². The predicted octanol–water partition coefficient (Wildman–Crippen LogP) is 7.76. The molecule has 3 rings (SSSR count). The molecule has 0 fully saturated rings. The largest absolute Gasteiger partial charge is 0.307 e. The Morgan fingerprint density at radius 3 is 2.27 bits per heavy atom. The monoisotopic (exact) mass is 433 g/mol. The fraction of sp³-hybridized carbons (Fsp3) is 0.188. The van der Waals surface area contributed by atoms with Crippen LogP contribution in [-0.4, -0.2) is 4.40 Å². The standard InChI is InChI=1S/C32H35N/c1-9-14-24(7)30-28(20-18-22(5)11-3)26-16-13-17-27-29(21-19-23(6)12-4)31(25(8)15-10-2)33(30)32(26)27/h9-21H,1,4H2,2-3,5-8H3/b15-10-,20-18-,22-11+,23-19+,24-14+,29-21-,31-25-. The molecule has 2 heterocycles. The van der Waals surface area contributed by atoms with Crippen molar-refractivity contribution >= 4 is 39.6 Å². The first-order valence-electron chi connectivity index (χ1n) is 11.5. The van der Waals surface area contributed by atoms with Gasteiger partial charge in [-0.2, -0.15) is 0 Å². The number of para-hydroxylation sites is 1. The molecule has 168 valence electrons. The van der Waals surface area contributed by atoms with Crippen molar-refractivity contribution < 1.29 is 0 Å². The summed E-state index contributed by atoms with van der Waals surface area (Å²) >= 11 is 0. The van der Waals surface area contributed by atoms with E-state index in [-0.39, 0.29) is 0 Å². The van der Waals surface area contributed by atoms with Crippen molar-refractivity contribution in [1.29, 1.82) is 0 Å². The van der Waals surface area contributed by atoms with Crippen molar-refractivity contribution in [3.8, 4) is 0 Å². The highest BCUT2D eigenvalue weighted by atomic mass is 14.9. The molecule has 0 saturated carbocycles. The topological polar surface area (TPSA) is 4.41 Å². The van der Waals surface area contributed by atoms with Crippen LogP contribution in [0.15, 0.2) is 91.1 Å². The number of benzene rings is 1. The molecule has 0 aliphatic carbocycles. The van der Waals surface area contributed by atoms with Gasteiger partial charge in [0, 0.05) is 21.6 Å². The van der Waals surface area contributed by atoms with Crippen molar-refractivity contribution in [3.05, 3.63) is 113 Å². The van der Waals surface area contributed by atoms with E-state index >= 15 is 0 Å². The van der Waals surface area contributed by atoms with Gasteiger partial charge in [0.2, 0.25) is 0 Å². The van der Waals surface area contributed by atoms with Crippen LogP contribution in [0.1, 0.15) is 52.8 Å². The molecular weight excluding hydrogens is 398 g/mol. The van der Waals surface area contributed by atoms with Gasteiger partial charge in [0.25, 0.3) is 0 Å². The molecule has 0 aliphatic heterocycles.